The molecule has 1 nitrogen and oxygen atoms in total. The van der Waals surface area contributed by atoms with Crippen molar-refractivity contribution in [1.82, 2.24) is 0 Å². The van der Waals surface area contributed by atoms with Crippen LogP contribution >= 0.6 is 0 Å². The van der Waals surface area contributed by atoms with Gasteiger partial charge < -0.3 is 5.73 Å². The molecule has 2 N–H and O–H groups in total. The Labute approximate surface area is 86.2 Å². The molecule has 76 valence electrons. The van der Waals surface area contributed by atoms with Gasteiger partial charge in [0.05, 0.1) is 0 Å². The number of hydrogen-bond acceptors (Lipinski definition) is 1. The molecule has 0 aliphatic heterocycles. The molecule has 0 saturated carbocycles. The highest BCUT2D eigenvalue weighted by atomic mass is 19.2. The SMILES string of the molecule is Nc1ccc(F)c(F)c1-c1ccccc1. The minimum absolute atomic E-state index is 0.121. The van der Waals surface area contributed by atoms with Gasteiger partial charge in [-0.25, -0.2) is 8.78 Å². The largest absolute Gasteiger partial charge is 0.398 e. The van der Waals surface area contributed by atoms with E-state index < -0.39 is 11.6 Å². The first-order valence-corrected chi connectivity index (χ1v) is 4.49. The fourth-order valence-corrected chi connectivity index (χ4v) is 1.46. The molecule has 0 aromatic heterocycles. The lowest BCUT2D eigenvalue weighted by atomic mass is 10.0. The van der Waals surface area contributed by atoms with Crippen molar-refractivity contribution in [2.45, 2.75) is 0 Å². The summed E-state index contributed by atoms with van der Waals surface area (Å²) in [6.45, 7) is 0. The number of nitrogens with two attached hydrogens (primary N) is 1. The third-order valence-corrected chi connectivity index (χ3v) is 2.19. The molecule has 0 saturated heterocycles. The third-order valence-electron chi connectivity index (χ3n) is 2.19. The molecule has 15 heavy (non-hydrogen) atoms. The lowest BCUT2D eigenvalue weighted by molar-refractivity contribution is 0.511. The van der Waals surface area contributed by atoms with Crippen molar-refractivity contribution >= 4 is 5.69 Å². The van der Waals surface area contributed by atoms with E-state index in [-0.39, 0.29) is 11.3 Å². The Morgan fingerprint density at radius 1 is 0.867 bits per heavy atom. The predicted molar refractivity (Wildman–Crippen MR) is 56.2 cm³/mol. The van der Waals surface area contributed by atoms with Crippen LogP contribution in [0.5, 0.6) is 0 Å². The highest BCUT2D eigenvalue weighted by molar-refractivity contribution is 5.76. The molecule has 0 atom stereocenters. The van der Waals surface area contributed by atoms with Gasteiger partial charge in [-0.2, -0.15) is 0 Å². The van der Waals surface area contributed by atoms with Gasteiger partial charge in [0.1, 0.15) is 0 Å². The van der Waals surface area contributed by atoms with E-state index >= 15 is 0 Å². The molecule has 2 aromatic rings. The van der Waals surface area contributed by atoms with Crippen molar-refractivity contribution < 1.29 is 8.78 Å². The van der Waals surface area contributed by atoms with Crippen molar-refractivity contribution in [3.63, 3.8) is 0 Å². The number of hydrogen-bond donors (Lipinski definition) is 1. The van der Waals surface area contributed by atoms with E-state index in [4.69, 9.17) is 5.73 Å². The van der Waals surface area contributed by atoms with Gasteiger partial charge in [0.15, 0.2) is 11.6 Å². The zero-order valence-electron chi connectivity index (χ0n) is 7.87. The Morgan fingerprint density at radius 2 is 1.53 bits per heavy atom. The topological polar surface area (TPSA) is 26.0 Å². The first kappa shape index (κ1) is 9.65. The van der Waals surface area contributed by atoms with Crippen LogP contribution in [0, 0.1) is 11.6 Å². The Kier molecular flexibility index (Phi) is 2.37. The molecule has 0 fully saturated rings. The van der Waals surface area contributed by atoms with Gasteiger partial charge in [-0.15, -0.1) is 0 Å². The predicted octanol–water partition coefficient (Wildman–Crippen LogP) is 3.21. The minimum atomic E-state index is -0.902. The van der Waals surface area contributed by atoms with Gasteiger partial charge >= 0.3 is 0 Å². The van der Waals surface area contributed by atoms with Crippen molar-refractivity contribution in [2.24, 2.45) is 0 Å². The zero-order chi connectivity index (χ0) is 10.8. The molecule has 3 heteroatoms. The van der Waals surface area contributed by atoms with E-state index in [2.05, 4.69) is 0 Å². The minimum Gasteiger partial charge on any atom is -0.398 e. The standard InChI is InChI=1S/C12H9F2N/c13-9-6-7-10(15)11(12(9)14)8-4-2-1-3-5-8/h1-7H,15H2. The molecule has 2 rings (SSSR count). The molecule has 0 spiro atoms. The van der Waals surface area contributed by atoms with Crippen LogP contribution in [0.1, 0.15) is 0 Å². The molecule has 0 unspecified atom stereocenters. The Balaban J connectivity index is 2.68. The molecule has 0 bridgehead atoms. The molecule has 0 amide bonds. The van der Waals surface area contributed by atoms with Crippen molar-refractivity contribution in [2.75, 3.05) is 5.73 Å². The van der Waals surface area contributed by atoms with E-state index in [1.807, 2.05) is 0 Å². The van der Waals surface area contributed by atoms with Gasteiger partial charge in [0, 0.05) is 11.3 Å². The number of rotatable bonds is 1. The maximum Gasteiger partial charge on any atom is 0.168 e. The fourth-order valence-electron chi connectivity index (χ4n) is 1.46. The summed E-state index contributed by atoms with van der Waals surface area (Å²) < 4.78 is 26.5. The molecular weight excluding hydrogens is 196 g/mol. The molecule has 2 aromatic carbocycles. The summed E-state index contributed by atoms with van der Waals surface area (Å²) in [4.78, 5) is 0. The van der Waals surface area contributed by atoms with Gasteiger partial charge in [0.2, 0.25) is 0 Å². The smallest absolute Gasteiger partial charge is 0.168 e. The van der Waals surface area contributed by atoms with E-state index in [1.165, 1.54) is 6.07 Å². The summed E-state index contributed by atoms with van der Waals surface area (Å²) in [7, 11) is 0. The Bertz CT molecular complexity index is 480. The molecule has 0 heterocycles. The lowest BCUT2D eigenvalue weighted by Gasteiger charge is -2.07. The quantitative estimate of drug-likeness (QED) is 0.711. The van der Waals surface area contributed by atoms with Crippen LogP contribution in [0.3, 0.4) is 0 Å². The number of halogens is 2. The summed E-state index contributed by atoms with van der Waals surface area (Å²) in [5.41, 5.74) is 6.55. The first-order chi connectivity index (χ1) is 7.20. The second-order valence-electron chi connectivity index (χ2n) is 3.19. The first-order valence-electron chi connectivity index (χ1n) is 4.49. The third kappa shape index (κ3) is 1.68. The van der Waals surface area contributed by atoms with Crippen molar-refractivity contribution in [3.8, 4) is 11.1 Å². The van der Waals surface area contributed by atoms with E-state index in [0.717, 1.165) is 6.07 Å². The fraction of sp³-hybridized carbons (Fsp3) is 0. The molecule has 0 aliphatic rings. The Morgan fingerprint density at radius 3 is 2.20 bits per heavy atom. The summed E-state index contributed by atoms with van der Waals surface area (Å²) in [6.07, 6.45) is 0. The second-order valence-corrected chi connectivity index (χ2v) is 3.19. The van der Waals surface area contributed by atoms with Crippen LogP contribution < -0.4 is 5.73 Å². The molecule has 0 radical (unpaired) electrons. The van der Waals surface area contributed by atoms with E-state index in [0.29, 0.717) is 5.56 Å². The van der Waals surface area contributed by atoms with E-state index in [1.54, 1.807) is 30.3 Å². The number of nitrogen functional groups attached to an aromatic ring is 1. The van der Waals surface area contributed by atoms with Gasteiger partial charge in [-0.1, -0.05) is 30.3 Å². The average molecular weight is 205 g/mol. The monoisotopic (exact) mass is 205 g/mol. The maximum atomic E-state index is 13.5. The van der Waals surface area contributed by atoms with Crippen LogP contribution in [0.4, 0.5) is 14.5 Å². The highest BCUT2D eigenvalue weighted by Crippen LogP contribution is 2.29. The summed E-state index contributed by atoms with van der Waals surface area (Å²) in [5.74, 6) is -1.79. The van der Waals surface area contributed by atoms with Gasteiger partial charge in [-0.3, -0.25) is 0 Å². The number of benzene rings is 2. The number of anilines is 1. The summed E-state index contributed by atoms with van der Waals surface area (Å²) in [6, 6.07) is 11.1. The molecule has 0 aliphatic carbocycles. The van der Waals surface area contributed by atoms with Crippen molar-refractivity contribution in [1.29, 1.82) is 0 Å². The van der Waals surface area contributed by atoms with Gasteiger partial charge in [-0.05, 0) is 17.7 Å². The van der Waals surface area contributed by atoms with Crippen molar-refractivity contribution in [3.05, 3.63) is 54.1 Å². The van der Waals surface area contributed by atoms with Crippen LogP contribution in [0.15, 0.2) is 42.5 Å². The summed E-state index contributed by atoms with van der Waals surface area (Å²) in [5, 5.41) is 0. The summed E-state index contributed by atoms with van der Waals surface area (Å²) >= 11 is 0. The second kappa shape index (κ2) is 3.69. The van der Waals surface area contributed by atoms with Crippen LogP contribution in [0.25, 0.3) is 11.1 Å². The lowest BCUT2D eigenvalue weighted by Crippen LogP contribution is -1.96. The maximum absolute atomic E-state index is 13.5. The molecular formula is C12H9F2N. The average Bonchev–Trinajstić information content (AvgIpc) is 2.26. The normalized spacial score (nSPS) is 10.3. The van der Waals surface area contributed by atoms with E-state index in [9.17, 15) is 8.78 Å². The Hall–Kier alpha value is -1.90. The van der Waals surface area contributed by atoms with Gasteiger partial charge in [0.25, 0.3) is 0 Å². The van der Waals surface area contributed by atoms with Crippen LogP contribution in [0.2, 0.25) is 0 Å². The van der Waals surface area contributed by atoms with Crippen LogP contribution in [-0.2, 0) is 0 Å². The highest BCUT2D eigenvalue weighted by Gasteiger charge is 2.12. The van der Waals surface area contributed by atoms with Crippen LogP contribution in [-0.4, -0.2) is 0 Å². The zero-order valence-corrected chi connectivity index (χ0v) is 7.87.